The van der Waals surface area contributed by atoms with Crippen molar-refractivity contribution in [2.75, 3.05) is 34.3 Å². The quantitative estimate of drug-likeness (QED) is 0.303. The number of benzene rings is 2. The largest absolute Gasteiger partial charge is 0.507 e. The average Bonchev–Trinajstić information content (AvgIpc) is 3.26. The summed E-state index contributed by atoms with van der Waals surface area (Å²) >= 11 is 6.07. The molecule has 2 amide bonds. The van der Waals surface area contributed by atoms with Crippen LogP contribution in [-0.4, -0.2) is 77.5 Å². The monoisotopic (exact) mass is 501 g/mol. The van der Waals surface area contributed by atoms with Gasteiger partial charge in [-0.05, 0) is 44.8 Å². The van der Waals surface area contributed by atoms with Gasteiger partial charge in [0.25, 0.3) is 5.91 Å². The minimum atomic E-state index is -0.809. The van der Waals surface area contributed by atoms with Gasteiger partial charge in [0.2, 0.25) is 5.91 Å². The number of carbonyl (C=O) groups excluding carboxylic acids is 2. The predicted molar refractivity (Wildman–Crippen MR) is 133 cm³/mol. The summed E-state index contributed by atoms with van der Waals surface area (Å²) in [4.78, 5) is 27.5. The van der Waals surface area contributed by atoms with E-state index in [0.29, 0.717) is 30.0 Å². The summed E-state index contributed by atoms with van der Waals surface area (Å²) in [6, 6.07) is 8.57. The minimum absolute atomic E-state index is 0.00972. The molecule has 0 spiro atoms. The number of carbonyl (C=O) groups is 2. The SMILES string of the molecule is COc1ccc(-c2c(-c3cc(Cl)c(O)cc3O)n[nH]c2C(=O)NC(C)C(=O)NCCN(C)C)cc1. The van der Waals surface area contributed by atoms with Crippen molar-refractivity contribution in [1.82, 2.24) is 25.7 Å². The Bertz CT molecular complexity index is 1210. The van der Waals surface area contributed by atoms with Crippen LogP contribution in [0.4, 0.5) is 0 Å². The van der Waals surface area contributed by atoms with Gasteiger partial charge in [-0.2, -0.15) is 5.10 Å². The standard InChI is InChI=1S/C24H28ClN5O5/c1-13(23(33)26-9-10-30(2)3)27-24(34)22-20(14-5-7-15(35-4)8-6-14)21(28-29-22)16-11-17(25)19(32)12-18(16)31/h5-8,11-13,31-32H,9-10H2,1-4H3,(H,26,33)(H,27,34)(H,28,29). The van der Waals surface area contributed by atoms with E-state index < -0.39 is 11.9 Å². The first-order valence-corrected chi connectivity index (χ1v) is 11.2. The van der Waals surface area contributed by atoms with Crippen LogP contribution in [0.15, 0.2) is 36.4 Å². The number of aromatic amines is 1. The zero-order valence-corrected chi connectivity index (χ0v) is 20.6. The lowest BCUT2D eigenvalue weighted by Gasteiger charge is -2.16. The number of H-pyrrole nitrogens is 1. The summed E-state index contributed by atoms with van der Waals surface area (Å²) in [6.07, 6.45) is 0. The number of aromatic hydroxyl groups is 2. The number of phenolic OH excluding ortho intramolecular Hbond substituents is 2. The molecule has 3 aromatic rings. The van der Waals surface area contributed by atoms with Crippen molar-refractivity contribution in [2.45, 2.75) is 13.0 Å². The van der Waals surface area contributed by atoms with Gasteiger partial charge in [-0.25, -0.2) is 0 Å². The summed E-state index contributed by atoms with van der Waals surface area (Å²) in [5.41, 5.74) is 1.52. The molecule has 10 nitrogen and oxygen atoms in total. The first kappa shape index (κ1) is 25.9. The van der Waals surface area contributed by atoms with Gasteiger partial charge >= 0.3 is 0 Å². The van der Waals surface area contributed by atoms with Crippen LogP contribution in [0.25, 0.3) is 22.4 Å². The van der Waals surface area contributed by atoms with Crippen LogP contribution in [0.1, 0.15) is 17.4 Å². The van der Waals surface area contributed by atoms with Gasteiger partial charge in [-0.3, -0.25) is 14.7 Å². The number of likely N-dealkylation sites (N-methyl/N-ethyl adjacent to an activating group) is 1. The third-order valence-corrected chi connectivity index (χ3v) is 5.59. The van der Waals surface area contributed by atoms with Gasteiger partial charge in [0.05, 0.1) is 12.1 Å². The number of amides is 2. The molecule has 35 heavy (non-hydrogen) atoms. The molecule has 1 atom stereocenters. The molecule has 0 aliphatic carbocycles. The molecule has 2 aromatic carbocycles. The molecule has 5 N–H and O–H groups in total. The fraction of sp³-hybridized carbons (Fsp3) is 0.292. The molecule has 0 fully saturated rings. The topological polar surface area (TPSA) is 140 Å². The van der Waals surface area contributed by atoms with Crippen molar-refractivity contribution in [3.05, 3.63) is 47.1 Å². The molecule has 1 unspecified atom stereocenters. The van der Waals surface area contributed by atoms with Crippen LogP contribution in [0.2, 0.25) is 5.02 Å². The van der Waals surface area contributed by atoms with E-state index in [0.717, 1.165) is 6.07 Å². The Hall–Kier alpha value is -3.76. The Kier molecular flexibility index (Phi) is 8.21. The van der Waals surface area contributed by atoms with Crippen molar-refractivity contribution in [3.63, 3.8) is 0 Å². The highest BCUT2D eigenvalue weighted by molar-refractivity contribution is 6.32. The normalized spacial score (nSPS) is 11.8. The number of rotatable bonds is 9. The number of phenols is 2. The third-order valence-electron chi connectivity index (χ3n) is 5.29. The van der Waals surface area contributed by atoms with Crippen molar-refractivity contribution in [1.29, 1.82) is 0 Å². The molecule has 3 rings (SSSR count). The zero-order chi connectivity index (χ0) is 25.7. The lowest BCUT2D eigenvalue weighted by molar-refractivity contribution is -0.122. The molecule has 0 bridgehead atoms. The maximum Gasteiger partial charge on any atom is 0.270 e. The van der Waals surface area contributed by atoms with Crippen LogP contribution >= 0.6 is 11.6 Å². The number of methoxy groups -OCH3 is 1. The molecule has 1 aromatic heterocycles. The first-order chi connectivity index (χ1) is 16.6. The van der Waals surface area contributed by atoms with Gasteiger partial charge in [0.1, 0.15) is 34.7 Å². The Labute approximate surface area is 207 Å². The Balaban J connectivity index is 1.98. The molecule has 0 radical (unpaired) electrons. The first-order valence-electron chi connectivity index (χ1n) is 10.8. The maximum absolute atomic E-state index is 13.2. The summed E-state index contributed by atoms with van der Waals surface area (Å²) in [7, 11) is 5.33. The van der Waals surface area contributed by atoms with Crippen molar-refractivity contribution in [2.24, 2.45) is 0 Å². The maximum atomic E-state index is 13.2. The molecular formula is C24H28ClN5O5. The summed E-state index contributed by atoms with van der Waals surface area (Å²) in [5, 5.41) is 32.7. The Morgan fingerprint density at radius 1 is 1.17 bits per heavy atom. The van der Waals surface area contributed by atoms with E-state index in [1.165, 1.54) is 6.07 Å². The molecule has 11 heteroatoms. The molecular weight excluding hydrogens is 474 g/mol. The van der Waals surface area contributed by atoms with E-state index >= 15 is 0 Å². The lowest BCUT2D eigenvalue weighted by Crippen LogP contribution is -2.46. The van der Waals surface area contributed by atoms with E-state index in [1.807, 2.05) is 19.0 Å². The Morgan fingerprint density at radius 3 is 2.49 bits per heavy atom. The number of ether oxygens (including phenoxy) is 1. The second-order valence-electron chi connectivity index (χ2n) is 8.16. The van der Waals surface area contributed by atoms with Gasteiger partial charge in [-0.15, -0.1) is 0 Å². The second-order valence-corrected chi connectivity index (χ2v) is 8.57. The van der Waals surface area contributed by atoms with Gasteiger partial charge < -0.3 is 30.5 Å². The number of nitrogens with one attached hydrogen (secondary N) is 3. The number of nitrogens with zero attached hydrogens (tertiary/aromatic N) is 2. The van der Waals surface area contributed by atoms with Crippen LogP contribution in [-0.2, 0) is 4.79 Å². The third kappa shape index (κ3) is 6.03. The van der Waals surface area contributed by atoms with E-state index in [4.69, 9.17) is 16.3 Å². The van der Waals surface area contributed by atoms with Crippen LogP contribution in [0, 0.1) is 0 Å². The molecule has 0 saturated heterocycles. The van der Waals surface area contributed by atoms with Crippen LogP contribution in [0.5, 0.6) is 17.2 Å². The van der Waals surface area contributed by atoms with E-state index in [2.05, 4.69) is 20.8 Å². The predicted octanol–water partition coefficient (Wildman–Crippen LogP) is 2.61. The van der Waals surface area contributed by atoms with Gasteiger partial charge in [-0.1, -0.05) is 23.7 Å². The number of hydrogen-bond donors (Lipinski definition) is 5. The summed E-state index contributed by atoms with van der Waals surface area (Å²) in [5.74, 6) is -0.832. The fourth-order valence-corrected chi connectivity index (χ4v) is 3.53. The molecule has 1 heterocycles. The minimum Gasteiger partial charge on any atom is -0.507 e. The zero-order valence-electron chi connectivity index (χ0n) is 19.8. The summed E-state index contributed by atoms with van der Waals surface area (Å²) < 4.78 is 5.22. The Morgan fingerprint density at radius 2 is 1.86 bits per heavy atom. The second kappa shape index (κ2) is 11.1. The van der Waals surface area contributed by atoms with Crippen molar-refractivity contribution < 1.29 is 24.5 Å². The highest BCUT2D eigenvalue weighted by Crippen LogP contribution is 2.41. The molecule has 0 aliphatic rings. The van der Waals surface area contributed by atoms with E-state index in [9.17, 15) is 19.8 Å². The average molecular weight is 502 g/mol. The lowest BCUT2D eigenvalue weighted by atomic mass is 9.97. The van der Waals surface area contributed by atoms with Crippen molar-refractivity contribution in [3.8, 4) is 39.6 Å². The number of halogens is 1. The number of hydrogen-bond acceptors (Lipinski definition) is 7. The smallest absolute Gasteiger partial charge is 0.270 e. The van der Waals surface area contributed by atoms with Crippen molar-refractivity contribution >= 4 is 23.4 Å². The van der Waals surface area contributed by atoms with Gasteiger partial charge in [0.15, 0.2) is 0 Å². The van der Waals surface area contributed by atoms with E-state index in [-0.39, 0.29) is 39.4 Å². The fourth-order valence-electron chi connectivity index (χ4n) is 3.37. The molecule has 186 valence electrons. The van der Waals surface area contributed by atoms with Gasteiger partial charge in [0, 0.05) is 30.3 Å². The van der Waals surface area contributed by atoms with Crippen LogP contribution in [0.3, 0.4) is 0 Å². The molecule has 0 saturated carbocycles. The highest BCUT2D eigenvalue weighted by atomic mass is 35.5. The summed E-state index contributed by atoms with van der Waals surface area (Å²) in [6.45, 7) is 2.69. The van der Waals surface area contributed by atoms with E-state index in [1.54, 1.807) is 38.3 Å². The number of aromatic nitrogens is 2. The molecule has 0 aliphatic heterocycles. The highest BCUT2D eigenvalue weighted by Gasteiger charge is 2.26. The van der Waals surface area contributed by atoms with Crippen LogP contribution < -0.4 is 15.4 Å².